The molecule has 1 nitrogen and oxygen atoms in total. The predicted octanol–water partition coefficient (Wildman–Crippen LogP) is 4.02. The second-order valence-electron chi connectivity index (χ2n) is 4.89. The molecule has 88 valence electrons. The molecule has 1 aliphatic heterocycles. The van der Waals surface area contributed by atoms with E-state index in [2.05, 4.69) is 38.2 Å². The minimum Gasteiger partial charge on any atom is -0.373 e. The molecule has 1 aliphatic carbocycles. The molecule has 0 aromatic rings. The molecule has 0 aromatic heterocycles. The largest absolute Gasteiger partial charge is 0.373 e. The fraction of sp³-hybridized carbons (Fsp3) is 0.600. The Morgan fingerprint density at radius 1 is 1.25 bits per heavy atom. The van der Waals surface area contributed by atoms with Crippen LogP contribution in [0.3, 0.4) is 0 Å². The Kier molecular flexibility index (Phi) is 4.00. The summed E-state index contributed by atoms with van der Waals surface area (Å²) in [5.74, 6) is 0.784. The topological polar surface area (TPSA) is 9.23 Å². The Hall–Kier alpha value is -0.820. The van der Waals surface area contributed by atoms with Crippen LogP contribution >= 0.6 is 0 Å². The molecule has 1 saturated heterocycles. The molecule has 0 aromatic carbocycles. The zero-order valence-electron chi connectivity index (χ0n) is 10.4. The van der Waals surface area contributed by atoms with Gasteiger partial charge in [-0.05, 0) is 37.7 Å². The zero-order valence-corrected chi connectivity index (χ0v) is 10.4. The molecule has 0 N–H and O–H groups in total. The first kappa shape index (κ1) is 11.7. The third-order valence-corrected chi connectivity index (χ3v) is 3.65. The highest BCUT2D eigenvalue weighted by atomic mass is 16.5. The van der Waals surface area contributed by atoms with Crippen LogP contribution in [-0.2, 0) is 4.74 Å². The van der Waals surface area contributed by atoms with Crippen molar-refractivity contribution in [2.45, 2.75) is 45.6 Å². The molecule has 1 heteroatoms. The van der Waals surface area contributed by atoms with Crippen LogP contribution in [0, 0.1) is 5.92 Å². The van der Waals surface area contributed by atoms with Crippen molar-refractivity contribution in [3.63, 3.8) is 0 Å². The molecule has 2 atom stereocenters. The summed E-state index contributed by atoms with van der Waals surface area (Å²) in [6.07, 6.45) is 14.2. The van der Waals surface area contributed by atoms with E-state index in [0.29, 0.717) is 6.10 Å². The number of hydrogen-bond donors (Lipinski definition) is 0. The summed E-state index contributed by atoms with van der Waals surface area (Å²) in [5.41, 5.74) is 2.73. The normalized spacial score (nSPS) is 30.6. The molecule has 0 spiro atoms. The van der Waals surface area contributed by atoms with Gasteiger partial charge in [0.25, 0.3) is 0 Å². The van der Waals surface area contributed by atoms with Gasteiger partial charge in [0.05, 0.1) is 12.7 Å². The second kappa shape index (κ2) is 5.49. The van der Waals surface area contributed by atoms with Crippen molar-refractivity contribution in [2.24, 2.45) is 5.92 Å². The van der Waals surface area contributed by atoms with E-state index in [-0.39, 0.29) is 0 Å². The third kappa shape index (κ3) is 2.85. The zero-order chi connectivity index (χ0) is 11.4. The third-order valence-electron chi connectivity index (χ3n) is 3.65. The molecule has 2 unspecified atom stereocenters. The molecule has 0 radical (unpaired) electrons. The highest BCUT2D eigenvalue weighted by molar-refractivity contribution is 5.33. The molecule has 1 fully saturated rings. The first-order chi connectivity index (χ1) is 7.79. The molecule has 0 amide bonds. The maximum atomic E-state index is 5.97. The summed E-state index contributed by atoms with van der Waals surface area (Å²) in [7, 11) is 0. The Labute approximate surface area is 98.9 Å². The number of ether oxygens (including phenoxy) is 1. The quantitative estimate of drug-likeness (QED) is 0.680. The van der Waals surface area contributed by atoms with Crippen molar-refractivity contribution in [1.29, 1.82) is 0 Å². The summed E-state index contributed by atoms with van der Waals surface area (Å²) in [6, 6.07) is 0. The van der Waals surface area contributed by atoms with Crippen LogP contribution in [0.5, 0.6) is 0 Å². The van der Waals surface area contributed by atoms with Crippen LogP contribution in [0.4, 0.5) is 0 Å². The van der Waals surface area contributed by atoms with Gasteiger partial charge in [0, 0.05) is 0 Å². The van der Waals surface area contributed by atoms with Crippen LogP contribution in [0.15, 0.2) is 35.5 Å². The number of rotatable bonds is 2. The van der Waals surface area contributed by atoms with Gasteiger partial charge in [0.15, 0.2) is 0 Å². The van der Waals surface area contributed by atoms with E-state index in [4.69, 9.17) is 4.74 Å². The SMILES string of the molecule is CCC1CCC(C2=CCC=C(C)C=C2)OC1. The number of allylic oxidation sites excluding steroid dienone is 4. The second-order valence-corrected chi connectivity index (χ2v) is 4.89. The van der Waals surface area contributed by atoms with E-state index in [1.165, 1.54) is 30.4 Å². The van der Waals surface area contributed by atoms with Gasteiger partial charge in [0.1, 0.15) is 0 Å². The van der Waals surface area contributed by atoms with Crippen molar-refractivity contribution in [2.75, 3.05) is 6.61 Å². The summed E-state index contributed by atoms with van der Waals surface area (Å²) >= 11 is 0. The monoisotopic (exact) mass is 218 g/mol. The lowest BCUT2D eigenvalue weighted by atomic mass is 9.92. The van der Waals surface area contributed by atoms with Gasteiger partial charge in [-0.2, -0.15) is 0 Å². The maximum Gasteiger partial charge on any atom is 0.0822 e. The van der Waals surface area contributed by atoms with Crippen molar-refractivity contribution < 1.29 is 4.74 Å². The van der Waals surface area contributed by atoms with Crippen molar-refractivity contribution in [1.82, 2.24) is 0 Å². The fourth-order valence-corrected chi connectivity index (χ4v) is 2.37. The Morgan fingerprint density at radius 2 is 2.12 bits per heavy atom. The first-order valence-corrected chi connectivity index (χ1v) is 6.46. The van der Waals surface area contributed by atoms with Crippen LogP contribution in [0.25, 0.3) is 0 Å². The van der Waals surface area contributed by atoms with Crippen molar-refractivity contribution in [3.8, 4) is 0 Å². The predicted molar refractivity (Wildman–Crippen MR) is 68.4 cm³/mol. The molecule has 2 rings (SSSR count). The van der Waals surface area contributed by atoms with Gasteiger partial charge in [-0.1, -0.05) is 43.2 Å². The van der Waals surface area contributed by atoms with E-state index in [0.717, 1.165) is 18.9 Å². The van der Waals surface area contributed by atoms with Crippen LogP contribution in [0.1, 0.15) is 39.5 Å². The van der Waals surface area contributed by atoms with E-state index in [1.54, 1.807) is 0 Å². The average Bonchev–Trinajstić information content (AvgIpc) is 2.54. The van der Waals surface area contributed by atoms with E-state index in [9.17, 15) is 0 Å². The van der Waals surface area contributed by atoms with Crippen LogP contribution < -0.4 is 0 Å². The highest BCUT2D eigenvalue weighted by Crippen LogP contribution is 2.27. The van der Waals surface area contributed by atoms with Gasteiger partial charge in [0.2, 0.25) is 0 Å². The highest BCUT2D eigenvalue weighted by Gasteiger charge is 2.22. The van der Waals surface area contributed by atoms with Gasteiger partial charge in [-0.3, -0.25) is 0 Å². The summed E-state index contributed by atoms with van der Waals surface area (Å²) < 4.78 is 5.97. The van der Waals surface area contributed by atoms with Gasteiger partial charge in [-0.15, -0.1) is 0 Å². The average molecular weight is 218 g/mol. The maximum absolute atomic E-state index is 5.97. The molecular weight excluding hydrogens is 196 g/mol. The summed E-state index contributed by atoms with van der Waals surface area (Å²) in [4.78, 5) is 0. The van der Waals surface area contributed by atoms with Gasteiger partial charge >= 0.3 is 0 Å². The molecule has 0 bridgehead atoms. The van der Waals surface area contributed by atoms with E-state index in [1.807, 2.05) is 0 Å². The van der Waals surface area contributed by atoms with Crippen molar-refractivity contribution in [3.05, 3.63) is 35.5 Å². The van der Waals surface area contributed by atoms with E-state index >= 15 is 0 Å². The minimum atomic E-state index is 0.346. The van der Waals surface area contributed by atoms with Crippen LogP contribution in [0.2, 0.25) is 0 Å². The van der Waals surface area contributed by atoms with Crippen molar-refractivity contribution >= 4 is 0 Å². The Balaban J connectivity index is 1.95. The van der Waals surface area contributed by atoms with Crippen LogP contribution in [-0.4, -0.2) is 12.7 Å². The lowest BCUT2D eigenvalue weighted by Gasteiger charge is -2.29. The first-order valence-electron chi connectivity index (χ1n) is 6.46. The Morgan fingerprint density at radius 3 is 2.81 bits per heavy atom. The van der Waals surface area contributed by atoms with Gasteiger partial charge < -0.3 is 4.74 Å². The molecule has 2 aliphatic rings. The standard InChI is InChI=1S/C15H22O/c1-3-13-8-10-15(16-11-13)14-6-4-5-12(2)7-9-14/h5-7,9,13,15H,3-4,8,10-11H2,1-2H3. The molecule has 0 saturated carbocycles. The van der Waals surface area contributed by atoms with Gasteiger partial charge in [-0.25, -0.2) is 0 Å². The smallest absolute Gasteiger partial charge is 0.0822 e. The Bertz CT molecular complexity index is 314. The number of hydrogen-bond acceptors (Lipinski definition) is 1. The fourth-order valence-electron chi connectivity index (χ4n) is 2.37. The minimum absolute atomic E-state index is 0.346. The lowest BCUT2D eigenvalue weighted by Crippen LogP contribution is -2.26. The van der Waals surface area contributed by atoms with E-state index < -0.39 is 0 Å². The summed E-state index contributed by atoms with van der Waals surface area (Å²) in [6.45, 7) is 5.35. The summed E-state index contributed by atoms with van der Waals surface area (Å²) in [5, 5.41) is 0. The molecular formula is C15H22O. The molecule has 1 heterocycles. The molecule has 16 heavy (non-hydrogen) atoms. The lowest BCUT2D eigenvalue weighted by molar-refractivity contribution is 0.00547.